The zero-order valence-electron chi connectivity index (χ0n) is 15.0. The van der Waals surface area contributed by atoms with Gasteiger partial charge in [-0.05, 0) is 48.6 Å². The van der Waals surface area contributed by atoms with E-state index in [9.17, 15) is 4.79 Å². The summed E-state index contributed by atoms with van der Waals surface area (Å²) in [6.45, 7) is 1.17. The number of rotatable bonds is 6. The molecule has 1 unspecified atom stereocenters. The lowest BCUT2D eigenvalue weighted by Gasteiger charge is -2.24. The number of para-hydroxylation sites is 1. The molecule has 0 aromatic heterocycles. The first-order chi connectivity index (χ1) is 12.1. The summed E-state index contributed by atoms with van der Waals surface area (Å²) in [5, 5.41) is 3.06. The third kappa shape index (κ3) is 4.53. The van der Waals surface area contributed by atoms with Gasteiger partial charge in [0.05, 0.1) is 5.92 Å². The van der Waals surface area contributed by atoms with Gasteiger partial charge in [0.2, 0.25) is 5.91 Å². The van der Waals surface area contributed by atoms with Crippen LogP contribution in [-0.2, 0) is 17.6 Å². The van der Waals surface area contributed by atoms with Gasteiger partial charge in [-0.1, -0.05) is 30.3 Å². The lowest BCUT2D eigenvalue weighted by atomic mass is 9.96. The Hall–Kier alpha value is -2.49. The molecule has 1 N–H and O–H groups in total. The van der Waals surface area contributed by atoms with Gasteiger partial charge < -0.3 is 15.0 Å². The monoisotopic (exact) mass is 338 g/mol. The van der Waals surface area contributed by atoms with Crippen LogP contribution in [0.25, 0.3) is 0 Å². The maximum Gasteiger partial charge on any atom is 0.226 e. The first-order valence-electron chi connectivity index (χ1n) is 8.88. The fourth-order valence-electron chi connectivity index (χ4n) is 3.11. The van der Waals surface area contributed by atoms with Crippen molar-refractivity contribution in [2.24, 2.45) is 5.92 Å². The smallest absolute Gasteiger partial charge is 0.226 e. The topological polar surface area (TPSA) is 41.6 Å². The highest BCUT2D eigenvalue weighted by atomic mass is 16.5. The van der Waals surface area contributed by atoms with Gasteiger partial charge in [-0.15, -0.1) is 0 Å². The lowest BCUT2D eigenvalue weighted by Crippen LogP contribution is -2.37. The maximum atomic E-state index is 12.3. The average Bonchev–Trinajstić information content (AvgIpc) is 2.65. The normalized spacial score (nSPS) is 15.8. The van der Waals surface area contributed by atoms with E-state index in [1.807, 2.05) is 38.4 Å². The Morgan fingerprint density at radius 1 is 1.16 bits per heavy atom. The molecule has 4 heteroatoms. The van der Waals surface area contributed by atoms with E-state index < -0.39 is 0 Å². The van der Waals surface area contributed by atoms with Crippen molar-refractivity contribution in [3.8, 4) is 5.75 Å². The van der Waals surface area contributed by atoms with E-state index in [0.717, 1.165) is 30.6 Å². The molecular weight excluding hydrogens is 312 g/mol. The number of nitrogens with zero attached hydrogens (tertiary/aromatic N) is 1. The maximum absolute atomic E-state index is 12.3. The Balaban J connectivity index is 1.41. The third-order valence-electron chi connectivity index (χ3n) is 4.64. The van der Waals surface area contributed by atoms with E-state index in [2.05, 4.69) is 34.5 Å². The number of carbonyl (C=O) groups excluding carboxylic acids is 1. The molecule has 1 aliphatic rings. The molecule has 0 saturated heterocycles. The van der Waals surface area contributed by atoms with Crippen molar-refractivity contribution < 1.29 is 9.53 Å². The summed E-state index contributed by atoms with van der Waals surface area (Å²) in [7, 11) is 4.08. The van der Waals surface area contributed by atoms with Gasteiger partial charge in [0, 0.05) is 26.3 Å². The van der Waals surface area contributed by atoms with Crippen LogP contribution in [0.3, 0.4) is 0 Å². The number of ether oxygens (including phenoxy) is 1. The van der Waals surface area contributed by atoms with E-state index in [0.29, 0.717) is 13.2 Å². The molecule has 0 bridgehead atoms. The summed E-state index contributed by atoms with van der Waals surface area (Å²) in [6, 6.07) is 16.5. The van der Waals surface area contributed by atoms with Crippen LogP contribution in [0.1, 0.15) is 17.5 Å². The molecule has 0 fully saturated rings. The molecule has 1 heterocycles. The SMILES string of the molecule is CN(C)c1ccc(CCCNC(=O)C2COc3ccccc3C2)cc1. The molecule has 132 valence electrons. The lowest BCUT2D eigenvalue weighted by molar-refractivity contribution is -0.126. The van der Waals surface area contributed by atoms with Gasteiger partial charge in [0.15, 0.2) is 0 Å². The molecule has 3 rings (SSSR count). The minimum absolute atomic E-state index is 0.0886. The molecule has 2 aromatic rings. The van der Waals surface area contributed by atoms with Crippen LogP contribution >= 0.6 is 0 Å². The van der Waals surface area contributed by atoms with E-state index >= 15 is 0 Å². The molecule has 0 aliphatic carbocycles. The molecule has 1 amide bonds. The number of hydrogen-bond donors (Lipinski definition) is 1. The number of anilines is 1. The number of aryl methyl sites for hydroxylation is 1. The van der Waals surface area contributed by atoms with E-state index in [-0.39, 0.29) is 11.8 Å². The van der Waals surface area contributed by atoms with Crippen molar-refractivity contribution in [2.45, 2.75) is 19.3 Å². The molecule has 0 saturated carbocycles. The summed E-state index contributed by atoms with van der Waals surface area (Å²) in [6.07, 6.45) is 2.67. The van der Waals surface area contributed by atoms with Crippen LogP contribution in [0.2, 0.25) is 0 Å². The second-order valence-corrected chi connectivity index (χ2v) is 6.78. The van der Waals surface area contributed by atoms with Crippen molar-refractivity contribution >= 4 is 11.6 Å². The predicted molar refractivity (Wildman–Crippen MR) is 101 cm³/mol. The molecular formula is C21H26N2O2. The fraction of sp³-hybridized carbons (Fsp3) is 0.381. The second kappa shape index (κ2) is 8.06. The van der Waals surface area contributed by atoms with Crippen LogP contribution < -0.4 is 15.0 Å². The highest BCUT2D eigenvalue weighted by Gasteiger charge is 2.25. The summed E-state index contributed by atoms with van der Waals surface area (Å²) in [5.74, 6) is 0.916. The van der Waals surface area contributed by atoms with Crippen LogP contribution in [0, 0.1) is 5.92 Å². The molecule has 1 aliphatic heterocycles. The Morgan fingerprint density at radius 2 is 1.92 bits per heavy atom. The summed E-state index contributed by atoms with van der Waals surface area (Å²) in [5.41, 5.74) is 3.62. The molecule has 2 aromatic carbocycles. The van der Waals surface area contributed by atoms with Crippen LogP contribution in [0.5, 0.6) is 5.75 Å². The largest absolute Gasteiger partial charge is 0.492 e. The number of hydrogen-bond acceptors (Lipinski definition) is 3. The minimum Gasteiger partial charge on any atom is -0.492 e. The highest BCUT2D eigenvalue weighted by molar-refractivity contribution is 5.79. The molecule has 0 radical (unpaired) electrons. The average molecular weight is 338 g/mol. The number of carbonyl (C=O) groups is 1. The fourth-order valence-corrected chi connectivity index (χ4v) is 3.11. The van der Waals surface area contributed by atoms with Gasteiger partial charge >= 0.3 is 0 Å². The molecule has 25 heavy (non-hydrogen) atoms. The van der Waals surface area contributed by atoms with Crippen molar-refractivity contribution in [3.05, 3.63) is 59.7 Å². The predicted octanol–water partition coefficient (Wildman–Crippen LogP) is 3.05. The quantitative estimate of drug-likeness (QED) is 0.823. The first-order valence-corrected chi connectivity index (χ1v) is 8.88. The number of nitrogens with one attached hydrogen (secondary N) is 1. The van der Waals surface area contributed by atoms with Crippen LogP contribution in [-0.4, -0.2) is 33.2 Å². The highest BCUT2D eigenvalue weighted by Crippen LogP contribution is 2.26. The first kappa shape index (κ1) is 17.3. The van der Waals surface area contributed by atoms with E-state index in [1.54, 1.807) is 0 Å². The number of fused-ring (bicyclic) bond motifs is 1. The molecule has 4 nitrogen and oxygen atoms in total. The summed E-state index contributed by atoms with van der Waals surface area (Å²) >= 11 is 0. The van der Waals surface area contributed by atoms with E-state index in [4.69, 9.17) is 4.74 Å². The third-order valence-corrected chi connectivity index (χ3v) is 4.64. The van der Waals surface area contributed by atoms with Crippen molar-refractivity contribution in [1.82, 2.24) is 5.32 Å². The van der Waals surface area contributed by atoms with Gasteiger partial charge in [0.1, 0.15) is 12.4 Å². The van der Waals surface area contributed by atoms with Gasteiger partial charge in [-0.2, -0.15) is 0 Å². The zero-order chi connectivity index (χ0) is 17.6. The van der Waals surface area contributed by atoms with Gasteiger partial charge in [0.25, 0.3) is 0 Å². The minimum atomic E-state index is -0.0886. The Kier molecular flexibility index (Phi) is 5.59. The Bertz CT molecular complexity index is 710. The van der Waals surface area contributed by atoms with Crippen molar-refractivity contribution in [1.29, 1.82) is 0 Å². The zero-order valence-corrected chi connectivity index (χ0v) is 15.0. The summed E-state index contributed by atoms with van der Waals surface area (Å²) < 4.78 is 5.70. The van der Waals surface area contributed by atoms with E-state index in [1.165, 1.54) is 11.3 Å². The summed E-state index contributed by atoms with van der Waals surface area (Å²) in [4.78, 5) is 14.4. The molecule has 0 spiro atoms. The van der Waals surface area contributed by atoms with Crippen molar-refractivity contribution in [3.63, 3.8) is 0 Å². The standard InChI is InChI=1S/C21H26N2O2/c1-23(2)19-11-9-16(10-12-19)6-5-13-22-21(24)18-14-17-7-3-4-8-20(17)25-15-18/h3-4,7-12,18H,5-6,13-15H2,1-2H3,(H,22,24). The van der Waals surface area contributed by atoms with Gasteiger partial charge in [-0.3, -0.25) is 4.79 Å². The van der Waals surface area contributed by atoms with Gasteiger partial charge in [-0.25, -0.2) is 0 Å². The number of amides is 1. The number of benzene rings is 2. The second-order valence-electron chi connectivity index (χ2n) is 6.78. The Morgan fingerprint density at radius 3 is 2.68 bits per heavy atom. The van der Waals surface area contributed by atoms with Crippen molar-refractivity contribution in [2.75, 3.05) is 32.1 Å². The van der Waals surface area contributed by atoms with Crippen LogP contribution in [0.4, 0.5) is 5.69 Å². The Labute approximate surface area is 149 Å². The van der Waals surface area contributed by atoms with Crippen LogP contribution in [0.15, 0.2) is 48.5 Å². The molecule has 1 atom stereocenters.